The quantitative estimate of drug-likeness (QED) is 0.626. The first kappa shape index (κ1) is 14.9. The second kappa shape index (κ2) is 6.31. The highest BCUT2D eigenvalue weighted by molar-refractivity contribution is 9.10. The monoisotopic (exact) mass is 381 g/mol. The third-order valence-corrected chi connectivity index (χ3v) is 4.12. The van der Waals surface area contributed by atoms with Gasteiger partial charge < -0.3 is 5.32 Å². The SMILES string of the molecule is Fc1ccc(CNc2cc(Cl)c(Cl)cc2Cl)cc1Br. The largest absolute Gasteiger partial charge is 0.380 e. The summed E-state index contributed by atoms with van der Waals surface area (Å²) >= 11 is 21.0. The maximum absolute atomic E-state index is 13.1. The van der Waals surface area contributed by atoms with Gasteiger partial charge in [0.1, 0.15) is 5.82 Å². The van der Waals surface area contributed by atoms with Crippen LogP contribution in [0.25, 0.3) is 0 Å². The molecule has 2 aromatic rings. The highest BCUT2D eigenvalue weighted by Crippen LogP contribution is 2.32. The Kier molecular flexibility index (Phi) is 4.96. The van der Waals surface area contributed by atoms with E-state index in [9.17, 15) is 4.39 Å². The van der Waals surface area contributed by atoms with Gasteiger partial charge in [-0.1, -0.05) is 40.9 Å². The van der Waals surface area contributed by atoms with E-state index in [1.54, 1.807) is 24.3 Å². The molecule has 2 rings (SSSR count). The molecule has 0 aliphatic rings. The summed E-state index contributed by atoms with van der Waals surface area (Å²) in [7, 11) is 0. The van der Waals surface area contributed by atoms with Crippen molar-refractivity contribution in [1.29, 1.82) is 0 Å². The standard InChI is InChI=1S/C13H8BrCl3FN/c14-8-3-7(1-2-12(8)18)6-19-13-5-10(16)9(15)4-11(13)17/h1-5,19H,6H2. The molecule has 0 radical (unpaired) electrons. The summed E-state index contributed by atoms with van der Waals surface area (Å²) in [6, 6.07) is 8.03. The minimum atomic E-state index is -0.295. The number of hydrogen-bond donors (Lipinski definition) is 1. The van der Waals surface area contributed by atoms with Crippen molar-refractivity contribution in [3.05, 3.63) is 61.3 Å². The summed E-state index contributed by atoms with van der Waals surface area (Å²) in [5.41, 5.74) is 1.59. The van der Waals surface area contributed by atoms with E-state index in [4.69, 9.17) is 34.8 Å². The molecule has 0 amide bonds. The van der Waals surface area contributed by atoms with E-state index in [0.29, 0.717) is 31.8 Å². The van der Waals surface area contributed by atoms with Gasteiger partial charge in [0.2, 0.25) is 0 Å². The Labute approximate surface area is 133 Å². The second-order valence-corrected chi connectivity index (χ2v) is 5.92. The van der Waals surface area contributed by atoms with Crippen LogP contribution in [0.5, 0.6) is 0 Å². The molecule has 6 heteroatoms. The van der Waals surface area contributed by atoms with E-state index in [2.05, 4.69) is 21.2 Å². The van der Waals surface area contributed by atoms with Gasteiger partial charge >= 0.3 is 0 Å². The molecular formula is C13H8BrCl3FN. The van der Waals surface area contributed by atoms with Crippen LogP contribution in [0.3, 0.4) is 0 Å². The normalized spacial score (nSPS) is 10.6. The Balaban J connectivity index is 2.14. The Morgan fingerprint density at radius 1 is 1.00 bits per heavy atom. The van der Waals surface area contributed by atoms with Crippen molar-refractivity contribution >= 4 is 56.4 Å². The average molecular weight is 383 g/mol. The third kappa shape index (κ3) is 3.76. The lowest BCUT2D eigenvalue weighted by atomic mass is 10.2. The predicted molar refractivity (Wildman–Crippen MR) is 82.9 cm³/mol. The lowest BCUT2D eigenvalue weighted by molar-refractivity contribution is 0.620. The molecule has 0 aliphatic heterocycles. The van der Waals surface area contributed by atoms with E-state index in [1.807, 2.05) is 0 Å². The molecule has 1 N–H and O–H groups in total. The van der Waals surface area contributed by atoms with Crippen LogP contribution in [-0.4, -0.2) is 0 Å². The van der Waals surface area contributed by atoms with E-state index in [1.165, 1.54) is 6.07 Å². The zero-order valence-electron chi connectivity index (χ0n) is 9.48. The Morgan fingerprint density at radius 3 is 2.37 bits per heavy atom. The number of anilines is 1. The number of nitrogens with one attached hydrogen (secondary N) is 1. The molecule has 1 nitrogen and oxygen atoms in total. The van der Waals surface area contributed by atoms with Gasteiger partial charge in [0, 0.05) is 6.54 Å². The molecule has 0 unspecified atom stereocenters. The molecule has 0 saturated heterocycles. The van der Waals surface area contributed by atoms with Crippen LogP contribution >= 0.6 is 50.7 Å². The molecular weight excluding hydrogens is 375 g/mol. The molecule has 0 spiro atoms. The molecule has 100 valence electrons. The first-order valence-electron chi connectivity index (χ1n) is 5.29. The maximum Gasteiger partial charge on any atom is 0.137 e. The van der Waals surface area contributed by atoms with E-state index in [-0.39, 0.29) is 5.82 Å². The van der Waals surface area contributed by atoms with Crippen LogP contribution in [0.4, 0.5) is 10.1 Å². The van der Waals surface area contributed by atoms with Gasteiger partial charge in [-0.25, -0.2) is 4.39 Å². The van der Waals surface area contributed by atoms with Gasteiger partial charge in [-0.3, -0.25) is 0 Å². The predicted octanol–water partition coefficient (Wildman–Crippen LogP) is 6.16. The van der Waals surface area contributed by atoms with Crippen molar-refractivity contribution in [1.82, 2.24) is 0 Å². The Bertz CT molecular complexity index is 619. The summed E-state index contributed by atoms with van der Waals surface area (Å²) in [5, 5.41) is 4.44. The lowest BCUT2D eigenvalue weighted by Crippen LogP contribution is -2.00. The summed E-state index contributed by atoms with van der Waals surface area (Å²) in [5.74, 6) is -0.295. The fourth-order valence-electron chi connectivity index (χ4n) is 1.50. The number of benzene rings is 2. The molecule has 0 aliphatic carbocycles. The summed E-state index contributed by atoms with van der Waals surface area (Å²) in [6.45, 7) is 0.497. The topological polar surface area (TPSA) is 12.0 Å². The highest BCUT2D eigenvalue weighted by atomic mass is 79.9. The van der Waals surface area contributed by atoms with Gasteiger partial charge in [0.05, 0.1) is 25.2 Å². The van der Waals surface area contributed by atoms with Gasteiger partial charge in [0.15, 0.2) is 0 Å². The Morgan fingerprint density at radius 2 is 1.68 bits per heavy atom. The average Bonchev–Trinajstić information content (AvgIpc) is 2.36. The molecule has 2 aromatic carbocycles. The van der Waals surface area contributed by atoms with Crippen LogP contribution in [-0.2, 0) is 6.54 Å². The molecule has 0 bridgehead atoms. The van der Waals surface area contributed by atoms with E-state index >= 15 is 0 Å². The molecule has 0 atom stereocenters. The van der Waals surface area contributed by atoms with Crippen molar-refractivity contribution in [3.63, 3.8) is 0 Å². The molecule has 0 saturated carbocycles. The van der Waals surface area contributed by atoms with Crippen LogP contribution in [0.15, 0.2) is 34.8 Å². The highest BCUT2D eigenvalue weighted by Gasteiger charge is 2.06. The van der Waals surface area contributed by atoms with Crippen LogP contribution in [0.2, 0.25) is 15.1 Å². The molecule has 0 heterocycles. The molecule has 19 heavy (non-hydrogen) atoms. The summed E-state index contributed by atoms with van der Waals surface area (Å²) in [4.78, 5) is 0. The van der Waals surface area contributed by atoms with E-state index < -0.39 is 0 Å². The van der Waals surface area contributed by atoms with Gasteiger partial charge in [0.25, 0.3) is 0 Å². The first-order valence-corrected chi connectivity index (χ1v) is 7.22. The van der Waals surface area contributed by atoms with Gasteiger partial charge in [-0.15, -0.1) is 0 Å². The van der Waals surface area contributed by atoms with Crippen molar-refractivity contribution in [2.45, 2.75) is 6.54 Å². The summed E-state index contributed by atoms with van der Waals surface area (Å²) < 4.78 is 13.5. The van der Waals surface area contributed by atoms with E-state index in [0.717, 1.165) is 5.56 Å². The zero-order valence-corrected chi connectivity index (χ0v) is 13.3. The second-order valence-electron chi connectivity index (χ2n) is 3.85. The fraction of sp³-hybridized carbons (Fsp3) is 0.0769. The lowest BCUT2D eigenvalue weighted by Gasteiger charge is -2.10. The molecule has 0 aromatic heterocycles. The number of halogens is 5. The fourth-order valence-corrected chi connectivity index (χ4v) is 2.54. The van der Waals surface area contributed by atoms with Crippen molar-refractivity contribution in [2.24, 2.45) is 0 Å². The first-order chi connectivity index (χ1) is 8.97. The minimum Gasteiger partial charge on any atom is -0.380 e. The maximum atomic E-state index is 13.1. The van der Waals surface area contributed by atoms with Crippen molar-refractivity contribution in [3.8, 4) is 0 Å². The van der Waals surface area contributed by atoms with Crippen LogP contribution in [0, 0.1) is 5.82 Å². The third-order valence-electron chi connectivity index (χ3n) is 2.48. The van der Waals surface area contributed by atoms with Gasteiger partial charge in [-0.2, -0.15) is 0 Å². The molecule has 0 fully saturated rings. The van der Waals surface area contributed by atoms with Crippen LogP contribution < -0.4 is 5.32 Å². The summed E-state index contributed by atoms with van der Waals surface area (Å²) in [6.07, 6.45) is 0. The Hall–Kier alpha value is -0.480. The smallest absolute Gasteiger partial charge is 0.137 e. The van der Waals surface area contributed by atoms with Crippen molar-refractivity contribution in [2.75, 3.05) is 5.32 Å². The zero-order chi connectivity index (χ0) is 14.0. The number of rotatable bonds is 3. The van der Waals surface area contributed by atoms with Gasteiger partial charge in [-0.05, 0) is 45.8 Å². The van der Waals surface area contributed by atoms with Crippen molar-refractivity contribution < 1.29 is 4.39 Å². The number of hydrogen-bond acceptors (Lipinski definition) is 1. The van der Waals surface area contributed by atoms with Crippen LogP contribution in [0.1, 0.15) is 5.56 Å². The minimum absolute atomic E-state index is 0.295.